The molecule has 0 bridgehead atoms. The molecule has 1 aromatic rings. The number of thioether (sulfide) groups is 1. The van der Waals surface area contributed by atoms with Crippen LogP contribution < -0.4 is 5.32 Å². The number of hydrogen-bond acceptors (Lipinski definition) is 5. The number of piperidine rings is 1. The number of benzene rings is 1. The number of carbonyl (C=O) groups is 3. The highest BCUT2D eigenvalue weighted by Gasteiger charge is 2.26. The molecule has 1 aromatic carbocycles. The number of hydrogen-bond donors (Lipinski definition) is 2. The molecule has 2 N–H and O–H groups in total. The Labute approximate surface area is 163 Å². The number of rotatable bonds is 5. The van der Waals surface area contributed by atoms with Gasteiger partial charge in [-0.05, 0) is 37.6 Å². The van der Waals surface area contributed by atoms with E-state index in [9.17, 15) is 14.4 Å². The molecule has 146 valence electrons. The normalized spacial score (nSPS) is 20.9. The van der Waals surface area contributed by atoms with E-state index in [0.717, 1.165) is 37.6 Å². The molecule has 1 unspecified atom stereocenters. The van der Waals surface area contributed by atoms with Gasteiger partial charge in [-0.25, -0.2) is 0 Å². The van der Waals surface area contributed by atoms with Gasteiger partial charge in [-0.1, -0.05) is 6.07 Å². The van der Waals surface area contributed by atoms with Crippen molar-refractivity contribution in [3.05, 3.63) is 29.8 Å². The topological polar surface area (TPSA) is 90.0 Å². The minimum atomic E-state index is -0.803. The fourth-order valence-electron chi connectivity index (χ4n) is 3.48. The zero-order valence-electron chi connectivity index (χ0n) is 15.2. The number of nitrogens with one attached hydrogen (secondary N) is 1. The third-order valence-electron chi connectivity index (χ3n) is 4.91. The van der Waals surface area contributed by atoms with E-state index in [1.165, 1.54) is 0 Å². The van der Waals surface area contributed by atoms with E-state index in [-0.39, 0.29) is 18.4 Å². The minimum Gasteiger partial charge on any atom is -0.481 e. The van der Waals surface area contributed by atoms with Crippen LogP contribution in [-0.4, -0.2) is 76.9 Å². The number of anilines is 1. The molecular weight excluding hydrogens is 366 g/mol. The summed E-state index contributed by atoms with van der Waals surface area (Å²) in [6.07, 6.45) is 1.44. The summed E-state index contributed by atoms with van der Waals surface area (Å²) < 4.78 is 0. The Kier molecular flexibility index (Phi) is 6.73. The zero-order valence-corrected chi connectivity index (χ0v) is 16.0. The first kappa shape index (κ1) is 19.7. The van der Waals surface area contributed by atoms with Gasteiger partial charge in [0.05, 0.1) is 12.5 Å². The lowest BCUT2D eigenvalue weighted by molar-refractivity contribution is -0.144. The smallest absolute Gasteiger partial charge is 0.307 e. The lowest BCUT2D eigenvalue weighted by atomic mass is 9.98. The van der Waals surface area contributed by atoms with Crippen molar-refractivity contribution in [3.8, 4) is 0 Å². The first-order chi connectivity index (χ1) is 13.0. The van der Waals surface area contributed by atoms with E-state index in [4.69, 9.17) is 5.11 Å². The Balaban J connectivity index is 1.56. The van der Waals surface area contributed by atoms with E-state index in [0.29, 0.717) is 24.2 Å². The van der Waals surface area contributed by atoms with Gasteiger partial charge >= 0.3 is 5.97 Å². The summed E-state index contributed by atoms with van der Waals surface area (Å²) in [7, 11) is 0. The summed E-state index contributed by atoms with van der Waals surface area (Å²) in [5.41, 5.74) is 1.16. The molecule has 2 fully saturated rings. The number of carboxylic acids is 1. The average Bonchev–Trinajstić information content (AvgIpc) is 2.68. The highest BCUT2D eigenvalue weighted by atomic mass is 32.2. The lowest BCUT2D eigenvalue weighted by Crippen LogP contribution is -2.42. The minimum absolute atomic E-state index is 0.00766. The number of nitrogens with zero attached hydrogens (tertiary/aromatic N) is 2. The van der Waals surface area contributed by atoms with Crippen LogP contribution in [-0.2, 0) is 9.59 Å². The third kappa shape index (κ3) is 5.46. The lowest BCUT2D eigenvalue weighted by Gasteiger charge is -2.30. The van der Waals surface area contributed by atoms with Crippen LogP contribution in [0.25, 0.3) is 0 Å². The Morgan fingerprint density at radius 1 is 1.19 bits per heavy atom. The van der Waals surface area contributed by atoms with E-state index < -0.39 is 11.9 Å². The molecule has 0 spiro atoms. The molecular formula is C19H25N3O4S. The van der Waals surface area contributed by atoms with Crippen molar-refractivity contribution in [2.75, 3.05) is 49.5 Å². The van der Waals surface area contributed by atoms with Crippen molar-refractivity contribution in [2.45, 2.75) is 12.8 Å². The molecule has 7 nitrogen and oxygen atoms in total. The molecule has 2 saturated heterocycles. The van der Waals surface area contributed by atoms with Gasteiger partial charge in [0.25, 0.3) is 5.91 Å². The van der Waals surface area contributed by atoms with Crippen LogP contribution in [0.2, 0.25) is 0 Å². The first-order valence-electron chi connectivity index (χ1n) is 9.25. The summed E-state index contributed by atoms with van der Waals surface area (Å²) in [6.45, 7) is 2.78. The van der Waals surface area contributed by atoms with Gasteiger partial charge in [-0.15, -0.1) is 0 Å². The molecule has 0 aliphatic carbocycles. The fraction of sp³-hybridized carbons (Fsp3) is 0.526. The van der Waals surface area contributed by atoms with Crippen LogP contribution in [0, 0.1) is 5.92 Å². The fourth-order valence-corrected chi connectivity index (χ4v) is 4.39. The monoisotopic (exact) mass is 391 g/mol. The molecule has 2 heterocycles. The summed E-state index contributed by atoms with van der Waals surface area (Å²) in [4.78, 5) is 39.8. The highest BCUT2D eigenvalue weighted by molar-refractivity contribution is 7.99. The highest BCUT2D eigenvalue weighted by Crippen LogP contribution is 2.18. The third-order valence-corrected chi connectivity index (χ3v) is 5.86. The van der Waals surface area contributed by atoms with E-state index in [1.807, 2.05) is 21.6 Å². The second kappa shape index (κ2) is 9.23. The summed E-state index contributed by atoms with van der Waals surface area (Å²) in [5.74, 6) is 0.495. The number of carbonyl (C=O) groups excluding carboxylic acids is 2. The Morgan fingerprint density at radius 2 is 1.96 bits per heavy atom. The molecule has 1 atom stereocenters. The zero-order chi connectivity index (χ0) is 19.2. The van der Waals surface area contributed by atoms with E-state index in [1.54, 1.807) is 24.3 Å². The maximum absolute atomic E-state index is 12.6. The largest absolute Gasteiger partial charge is 0.481 e. The maximum atomic E-state index is 12.6. The van der Waals surface area contributed by atoms with Crippen molar-refractivity contribution in [3.63, 3.8) is 0 Å². The molecule has 2 aliphatic rings. The van der Waals surface area contributed by atoms with Gasteiger partial charge in [-0.2, -0.15) is 11.8 Å². The van der Waals surface area contributed by atoms with Crippen LogP contribution in [0.3, 0.4) is 0 Å². The summed E-state index contributed by atoms with van der Waals surface area (Å²) >= 11 is 1.85. The van der Waals surface area contributed by atoms with Gasteiger partial charge in [0.2, 0.25) is 5.91 Å². The van der Waals surface area contributed by atoms with Crippen molar-refractivity contribution >= 4 is 35.2 Å². The molecule has 0 aromatic heterocycles. The van der Waals surface area contributed by atoms with Gasteiger partial charge in [0.1, 0.15) is 0 Å². The van der Waals surface area contributed by atoms with Crippen LogP contribution in [0.4, 0.5) is 5.69 Å². The number of amides is 2. The quantitative estimate of drug-likeness (QED) is 0.793. The standard InChI is InChI=1S/C19H25N3O4S/c23-17(13-21-6-2-4-15(12-21)19(25)26)20-16-5-1-3-14(11-16)18(24)22-7-9-27-10-8-22/h1,3,5,11,15H,2,4,6-10,12-13H2,(H,20,23)(H,25,26). The van der Waals surface area contributed by atoms with Crippen LogP contribution in [0.5, 0.6) is 0 Å². The summed E-state index contributed by atoms with van der Waals surface area (Å²) in [6, 6.07) is 7.00. The predicted octanol–water partition coefficient (Wildman–Crippen LogP) is 1.61. The number of aliphatic carboxylic acids is 1. The Bertz CT molecular complexity index is 706. The Hall–Kier alpha value is -2.06. The molecule has 27 heavy (non-hydrogen) atoms. The van der Waals surface area contributed by atoms with Crippen molar-refractivity contribution in [1.82, 2.24) is 9.80 Å². The molecule has 2 aliphatic heterocycles. The van der Waals surface area contributed by atoms with Gasteiger partial charge < -0.3 is 15.3 Å². The van der Waals surface area contributed by atoms with Crippen molar-refractivity contribution in [2.24, 2.45) is 5.92 Å². The van der Waals surface area contributed by atoms with Crippen molar-refractivity contribution < 1.29 is 19.5 Å². The average molecular weight is 391 g/mol. The van der Waals surface area contributed by atoms with Crippen molar-refractivity contribution in [1.29, 1.82) is 0 Å². The first-order valence-corrected chi connectivity index (χ1v) is 10.4. The second-order valence-corrected chi connectivity index (χ2v) is 8.17. The van der Waals surface area contributed by atoms with E-state index >= 15 is 0 Å². The second-order valence-electron chi connectivity index (χ2n) is 6.95. The molecule has 2 amide bonds. The van der Waals surface area contributed by atoms with Gasteiger partial charge in [-0.3, -0.25) is 19.3 Å². The maximum Gasteiger partial charge on any atom is 0.307 e. The Morgan fingerprint density at radius 3 is 2.70 bits per heavy atom. The SMILES string of the molecule is O=C(CN1CCCC(C(=O)O)C1)Nc1cccc(C(=O)N2CCSCC2)c1. The van der Waals surface area contributed by atoms with Crippen LogP contribution in [0.1, 0.15) is 23.2 Å². The number of likely N-dealkylation sites (tertiary alicyclic amines) is 1. The molecule has 0 saturated carbocycles. The molecule has 8 heteroatoms. The molecule has 3 rings (SSSR count). The number of carboxylic acid groups (broad SMARTS) is 1. The van der Waals surface area contributed by atoms with Gasteiger partial charge in [0, 0.05) is 42.4 Å². The van der Waals surface area contributed by atoms with E-state index in [2.05, 4.69) is 5.32 Å². The predicted molar refractivity (Wildman–Crippen MR) is 105 cm³/mol. The molecule has 0 radical (unpaired) electrons. The van der Waals surface area contributed by atoms with Crippen LogP contribution in [0.15, 0.2) is 24.3 Å². The van der Waals surface area contributed by atoms with Gasteiger partial charge in [0.15, 0.2) is 0 Å². The van der Waals surface area contributed by atoms with Crippen LogP contribution >= 0.6 is 11.8 Å². The summed E-state index contributed by atoms with van der Waals surface area (Å²) in [5, 5.41) is 12.0.